The van der Waals surface area contributed by atoms with Crippen molar-refractivity contribution in [1.29, 1.82) is 5.26 Å². The molecular weight excluding hydrogens is 280 g/mol. The van der Waals surface area contributed by atoms with E-state index in [4.69, 9.17) is 5.26 Å². The lowest BCUT2D eigenvalue weighted by Crippen LogP contribution is -2.33. The van der Waals surface area contributed by atoms with Crippen LogP contribution in [0.15, 0.2) is 27.6 Å². The number of para-hydroxylation sites is 1. The van der Waals surface area contributed by atoms with Crippen LogP contribution in [-0.4, -0.2) is 20.2 Å². The first kappa shape index (κ1) is 10.5. The fraction of sp³-hybridized carbons (Fsp3) is 0.222. The lowest BCUT2D eigenvalue weighted by atomic mass is 10.2. The van der Waals surface area contributed by atoms with Crippen molar-refractivity contribution < 1.29 is 8.42 Å². The van der Waals surface area contributed by atoms with Crippen molar-refractivity contribution in [3.05, 3.63) is 22.7 Å². The van der Waals surface area contributed by atoms with Gasteiger partial charge < -0.3 is 5.32 Å². The molecule has 2 rings (SSSR count). The van der Waals surface area contributed by atoms with Crippen molar-refractivity contribution in [3.8, 4) is 6.07 Å². The van der Waals surface area contributed by atoms with E-state index in [1.165, 1.54) is 6.07 Å². The predicted octanol–water partition coefficient (Wildman–Crippen LogP) is 1.54. The number of benzene rings is 1. The summed E-state index contributed by atoms with van der Waals surface area (Å²) in [5.41, 5.74) is 0.482. The average molecular weight is 287 g/mol. The molecule has 0 saturated heterocycles. The maximum absolute atomic E-state index is 11.8. The minimum Gasteiger partial charge on any atom is -0.367 e. The Labute approximate surface area is 96.0 Å². The second-order valence-corrected chi connectivity index (χ2v) is 6.08. The summed E-state index contributed by atoms with van der Waals surface area (Å²) >= 11 is 3.25. The highest BCUT2D eigenvalue weighted by molar-refractivity contribution is 9.10. The van der Waals surface area contributed by atoms with E-state index in [0.717, 1.165) is 0 Å². The Morgan fingerprint density at radius 1 is 1.53 bits per heavy atom. The standard InChI is InChI=1S/C9H7BrN2O2S/c10-7-2-1-3-8-9(7)12-6(4-11)5-15(8,13)14/h1-3,6,12H,5H2. The molecule has 4 nitrogen and oxygen atoms in total. The van der Waals surface area contributed by atoms with Crippen molar-refractivity contribution in [3.63, 3.8) is 0 Å². The molecule has 1 unspecified atom stereocenters. The molecule has 0 saturated carbocycles. The SMILES string of the molecule is N#CC1CS(=O)(=O)c2cccc(Br)c2N1. The smallest absolute Gasteiger partial charge is 0.183 e. The zero-order valence-electron chi connectivity index (χ0n) is 7.57. The highest BCUT2D eigenvalue weighted by Gasteiger charge is 2.30. The van der Waals surface area contributed by atoms with Crippen LogP contribution in [0.1, 0.15) is 0 Å². The Morgan fingerprint density at radius 3 is 2.93 bits per heavy atom. The molecule has 0 spiro atoms. The number of nitriles is 1. The summed E-state index contributed by atoms with van der Waals surface area (Å²) in [4.78, 5) is 0.253. The molecule has 15 heavy (non-hydrogen) atoms. The maximum atomic E-state index is 11.8. The summed E-state index contributed by atoms with van der Waals surface area (Å²) in [6, 6.07) is 6.17. The van der Waals surface area contributed by atoms with Gasteiger partial charge in [-0.25, -0.2) is 8.42 Å². The van der Waals surface area contributed by atoms with Crippen molar-refractivity contribution in [2.45, 2.75) is 10.9 Å². The average Bonchev–Trinajstić information content (AvgIpc) is 2.18. The van der Waals surface area contributed by atoms with Crippen LogP contribution in [0.3, 0.4) is 0 Å². The fourth-order valence-electron chi connectivity index (χ4n) is 1.50. The monoisotopic (exact) mass is 286 g/mol. The number of nitrogens with one attached hydrogen (secondary N) is 1. The minimum atomic E-state index is -3.34. The van der Waals surface area contributed by atoms with E-state index >= 15 is 0 Å². The molecule has 0 aliphatic carbocycles. The first-order valence-corrected chi connectivity index (χ1v) is 6.66. The van der Waals surface area contributed by atoms with Gasteiger partial charge in [0.15, 0.2) is 9.84 Å². The number of fused-ring (bicyclic) bond motifs is 1. The van der Waals surface area contributed by atoms with Crippen molar-refractivity contribution in [2.75, 3.05) is 11.1 Å². The van der Waals surface area contributed by atoms with Gasteiger partial charge in [0, 0.05) is 4.47 Å². The zero-order chi connectivity index (χ0) is 11.1. The van der Waals surface area contributed by atoms with E-state index in [0.29, 0.717) is 10.2 Å². The Kier molecular flexibility index (Phi) is 2.44. The lowest BCUT2D eigenvalue weighted by Gasteiger charge is -2.23. The van der Waals surface area contributed by atoms with Gasteiger partial charge >= 0.3 is 0 Å². The van der Waals surface area contributed by atoms with Crippen molar-refractivity contribution in [1.82, 2.24) is 0 Å². The van der Waals surface area contributed by atoms with Crippen LogP contribution in [0, 0.1) is 11.3 Å². The maximum Gasteiger partial charge on any atom is 0.183 e. The number of halogens is 1. The van der Waals surface area contributed by atoms with Crippen molar-refractivity contribution in [2.24, 2.45) is 0 Å². The van der Waals surface area contributed by atoms with Gasteiger partial charge in [0.2, 0.25) is 0 Å². The Balaban J connectivity index is 2.67. The minimum absolute atomic E-state index is 0.174. The molecule has 0 bridgehead atoms. The highest BCUT2D eigenvalue weighted by atomic mass is 79.9. The van der Waals surface area contributed by atoms with Gasteiger partial charge in [0.1, 0.15) is 6.04 Å². The molecule has 1 aliphatic rings. The highest BCUT2D eigenvalue weighted by Crippen LogP contribution is 2.34. The first-order valence-electron chi connectivity index (χ1n) is 4.22. The van der Waals surface area contributed by atoms with Gasteiger partial charge in [-0.3, -0.25) is 0 Å². The second kappa shape index (κ2) is 3.51. The van der Waals surface area contributed by atoms with E-state index in [1.807, 2.05) is 6.07 Å². The summed E-state index contributed by atoms with van der Waals surface area (Å²) in [5.74, 6) is -0.174. The third-order valence-corrected chi connectivity index (χ3v) is 4.61. The van der Waals surface area contributed by atoms with Crippen LogP contribution in [0.25, 0.3) is 0 Å². The quantitative estimate of drug-likeness (QED) is 0.785. The van der Waals surface area contributed by atoms with Gasteiger partial charge in [-0.05, 0) is 28.1 Å². The third-order valence-electron chi connectivity index (χ3n) is 2.17. The van der Waals surface area contributed by atoms with Gasteiger partial charge in [-0.2, -0.15) is 5.26 Å². The number of hydrogen-bond acceptors (Lipinski definition) is 4. The zero-order valence-corrected chi connectivity index (χ0v) is 9.97. The molecule has 1 N–H and O–H groups in total. The Bertz CT molecular complexity index is 548. The molecule has 0 fully saturated rings. The van der Waals surface area contributed by atoms with Gasteiger partial charge in [0.05, 0.1) is 22.4 Å². The van der Waals surface area contributed by atoms with Crippen LogP contribution in [0.4, 0.5) is 5.69 Å². The Morgan fingerprint density at radius 2 is 2.27 bits per heavy atom. The Hall–Kier alpha value is -1.06. The van der Waals surface area contributed by atoms with Crippen LogP contribution in [-0.2, 0) is 9.84 Å². The molecule has 1 aromatic rings. The largest absolute Gasteiger partial charge is 0.367 e. The number of rotatable bonds is 0. The van der Waals surface area contributed by atoms with E-state index in [9.17, 15) is 8.42 Å². The summed E-state index contributed by atoms with van der Waals surface area (Å²) in [5, 5.41) is 11.6. The first-order chi connectivity index (χ1) is 7.04. The molecule has 1 atom stereocenters. The van der Waals surface area contributed by atoms with Crippen molar-refractivity contribution >= 4 is 31.5 Å². The third kappa shape index (κ3) is 1.73. The predicted molar refractivity (Wildman–Crippen MR) is 59.2 cm³/mol. The lowest BCUT2D eigenvalue weighted by molar-refractivity contribution is 0.591. The molecule has 1 aromatic carbocycles. The van der Waals surface area contributed by atoms with E-state index in [2.05, 4.69) is 21.2 Å². The summed E-state index contributed by atoms with van der Waals surface area (Å²) < 4.78 is 24.2. The van der Waals surface area contributed by atoms with Gasteiger partial charge in [0.25, 0.3) is 0 Å². The van der Waals surface area contributed by atoms with E-state index in [-0.39, 0.29) is 10.6 Å². The van der Waals surface area contributed by atoms with E-state index in [1.54, 1.807) is 12.1 Å². The van der Waals surface area contributed by atoms with Crippen LogP contribution >= 0.6 is 15.9 Å². The summed E-state index contributed by atoms with van der Waals surface area (Å²) in [7, 11) is -3.34. The number of nitrogens with zero attached hydrogens (tertiary/aromatic N) is 1. The molecule has 0 amide bonds. The molecule has 1 aliphatic heterocycles. The number of anilines is 1. The van der Waals surface area contributed by atoms with Gasteiger partial charge in [-0.15, -0.1) is 0 Å². The molecule has 0 aromatic heterocycles. The molecule has 1 heterocycles. The van der Waals surface area contributed by atoms with E-state index < -0.39 is 15.9 Å². The number of hydrogen-bond donors (Lipinski definition) is 1. The molecule has 0 radical (unpaired) electrons. The van der Waals surface area contributed by atoms with Crippen LogP contribution in [0.5, 0.6) is 0 Å². The normalized spacial score (nSPS) is 22.3. The molecule has 6 heteroatoms. The number of sulfone groups is 1. The topological polar surface area (TPSA) is 70.0 Å². The van der Waals surface area contributed by atoms with Crippen LogP contribution < -0.4 is 5.32 Å². The summed E-state index contributed by atoms with van der Waals surface area (Å²) in [6.45, 7) is 0. The van der Waals surface area contributed by atoms with Gasteiger partial charge in [-0.1, -0.05) is 6.07 Å². The fourth-order valence-corrected chi connectivity index (χ4v) is 3.65. The van der Waals surface area contributed by atoms with Crippen LogP contribution in [0.2, 0.25) is 0 Å². The molecular formula is C9H7BrN2O2S. The second-order valence-electron chi connectivity index (χ2n) is 3.22. The molecule has 78 valence electrons. The summed E-state index contributed by atoms with van der Waals surface area (Å²) in [6.07, 6.45) is 0.